The average Bonchev–Trinajstić information content (AvgIpc) is 3.70. The fourth-order valence-electron chi connectivity index (χ4n) is 6.09. The molecule has 2 aromatic rings. The lowest BCUT2D eigenvalue weighted by Crippen LogP contribution is -2.60. The maximum Gasteiger partial charge on any atom is 0.327 e. The van der Waals surface area contributed by atoms with Gasteiger partial charge in [-0.1, -0.05) is 32.0 Å². The summed E-state index contributed by atoms with van der Waals surface area (Å²) in [6.07, 6.45) is 1.16. The monoisotopic (exact) mass is 715 g/mol. The first-order valence-corrected chi connectivity index (χ1v) is 18.1. The van der Waals surface area contributed by atoms with Crippen LogP contribution in [-0.4, -0.2) is 117 Å². The summed E-state index contributed by atoms with van der Waals surface area (Å²) in [4.78, 5) is 85.0. The van der Waals surface area contributed by atoms with Crippen LogP contribution in [0.2, 0.25) is 0 Å². The predicted molar refractivity (Wildman–Crippen MR) is 187 cm³/mol. The number of hydrogen-bond acceptors (Lipinski definition) is 9. The van der Waals surface area contributed by atoms with Gasteiger partial charge in [0.15, 0.2) is 0 Å². The molecule has 0 unspecified atom stereocenters. The maximum atomic E-state index is 14.1. The summed E-state index contributed by atoms with van der Waals surface area (Å²) in [6.45, 7) is 8.78. The van der Waals surface area contributed by atoms with Crippen molar-refractivity contribution in [3.63, 3.8) is 0 Å². The van der Waals surface area contributed by atoms with E-state index >= 15 is 0 Å². The molecule has 1 fully saturated rings. The van der Waals surface area contributed by atoms with Gasteiger partial charge in [-0.3, -0.25) is 24.0 Å². The van der Waals surface area contributed by atoms with Crippen molar-refractivity contribution in [3.8, 4) is 0 Å². The highest BCUT2D eigenvalue weighted by molar-refractivity contribution is 7.99. The SMILES string of the molecule is CC(C)C[C@@H]1NC(=O)[C@@H](NC(=O)CCN2CCCC2)Cc2c([nH]c3ccccc23)SC[C@@H](C(=O)O)NC(=O)[C@H]([C@@H](C)O)NC(=O)[C@@H](C)NC1=O. The molecule has 0 aliphatic carbocycles. The van der Waals surface area contributed by atoms with Crippen LogP contribution in [0.15, 0.2) is 29.3 Å². The number of para-hydroxylation sites is 1. The molecule has 6 atom stereocenters. The number of carboxylic acid groups (broad SMARTS) is 1. The first-order chi connectivity index (χ1) is 23.7. The van der Waals surface area contributed by atoms with Crippen molar-refractivity contribution in [1.29, 1.82) is 0 Å². The molecule has 5 amide bonds. The zero-order valence-corrected chi connectivity index (χ0v) is 29.7. The average molecular weight is 716 g/mol. The fraction of sp³-hybridized carbons (Fsp3) is 0.588. The minimum absolute atomic E-state index is 0.0106. The molecule has 1 aromatic heterocycles. The number of aromatic amines is 1. The smallest absolute Gasteiger partial charge is 0.327 e. The van der Waals surface area contributed by atoms with Crippen LogP contribution in [0.3, 0.4) is 0 Å². The number of thioether (sulfide) groups is 1. The third kappa shape index (κ3) is 10.4. The Morgan fingerprint density at radius 1 is 0.960 bits per heavy atom. The molecule has 2 aliphatic rings. The molecule has 1 saturated heterocycles. The zero-order chi connectivity index (χ0) is 36.5. The van der Waals surface area contributed by atoms with Crippen LogP contribution in [0.25, 0.3) is 10.9 Å². The molecular weight excluding hydrogens is 666 g/mol. The predicted octanol–water partition coefficient (Wildman–Crippen LogP) is 0.257. The molecule has 0 spiro atoms. The molecule has 274 valence electrons. The van der Waals surface area contributed by atoms with Crippen LogP contribution in [0.4, 0.5) is 0 Å². The number of carbonyl (C=O) groups is 6. The first-order valence-electron chi connectivity index (χ1n) is 17.1. The minimum atomic E-state index is -1.52. The molecule has 3 heterocycles. The molecule has 2 aliphatic heterocycles. The van der Waals surface area contributed by atoms with Crippen LogP contribution in [0.1, 0.15) is 58.9 Å². The number of aromatic nitrogens is 1. The zero-order valence-electron chi connectivity index (χ0n) is 28.9. The molecule has 0 radical (unpaired) electrons. The Kier molecular flexibility index (Phi) is 13.7. The number of rotatable bonds is 8. The molecule has 16 heteroatoms. The number of carboxylic acids is 1. The van der Waals surface area contributed by atoms with Crippen molar-refractivity contribution in [2.75, 3.05) is 25.4 Å². The summed E-state index contributed by atoms with van der Waals surface area (Å²) < 4.78 is 0. The van der Waals surface area contributed by atoms with Gasteiger partial charge in [-0.05, 0) is 63.7 Å². The highest BCUT2D eigenvalue weighted by atomic mass is 32.2. The highest BCUT2D eigenvalue weighted by Crippen LogP contribution is 2.31. The van der Waals surface area contributed by atoms with E-state index in [0.29, 0.717) is 22.7 Å². The van der Waals surface area contributed by atoms with Crippen LogP contribution < -0.4 is 26.6 Å². The Bertz CT molecular complexity index is 1560. The van der Waals surface area contributed by atoms with Crippen LogP contribution in [-0.2, 0) is 35.2 Å². The van der Waals surface area contributed by atoms with Gasteiger partial charge in [-0.25, -0.2) is 4.79 Å². The quantitative estimate of drug-likeness (QED) is 0.186. The number of hydrogen-bond donors (Lipinski definition) is 8. The van der Waals surface area contributed by atoms with Gasteiger partial charge in [0.05, 0.1) is 11.1 Å². The molecular formula is C34H49N7O8S. The third-order valence-electron chi connectivity index (χ3n) is 8.85. The Labute approximate surface area is 295 Å². The number of aliphatic hydroxyl groups excluding tert-OH is 1. The maximum absolute atomic E-state index is 14.1. The lowest BCUT2D eigenvalue weighted by atomic mass is 10.0. The van der Waals surface area contributed by atoms with Gasteiger partial charge in [-0.2, -0.15) is 0 Å². The Morgan fingerprint density at radius 3 is 2.32 bits per heavy atom. The van der Waals surface area contributed by atoms with E-state index in [1.165, 1.54) is 13.8 Å². The van der Waals surface area contributed by atoms with Crippen molar-refractivity contribution in [1.82, 2.24) is 36.5 Å². The van der Waals surface area contributed by atoms with Gasteiger partial charge in [-0.15, -0.1) is 11.8 Å². The number of amides is 5. The number of nitrogens with zero attached hydrogens (tertiary/aromatic N) is 1. The molecule has 50 heavy (non-hydrogen) atoms. The number of aliphatic carboxylic acids is 1. The van der Waals surface area contributed by atoms with E-state index in [1.54, 1.807) is 0 Å². The van der Waals surface area contributed by atoms with Crippen LogP contribution in [0.5, 0.6) is 0 Å². The van der Waals surface area contributed by atoms with Gasteiger partial charge < -0.3 is 46.7 Å². The lowest BCUT2D eigenvalue weighted by molar-refractivity contribution is -0.142. The summed E-state index contributed by atoms with van der Waals surface area (Å²) in [5, 5.41) is 34.7. The Hall–Kier alpha value is -4.15. The number of benzene rings is 1. The normalized spacial score (nSPS) is 25.4. The van der Waals surface area contributed by atoms with Crippen molar-refractivity contribution in [3.05, 3.63) is 29.8 Å². The van der Waals surface area contributed by atoms with Gasteiger partial charge in [0.25, 0.3) is 0 Å². The highest BCUT2D eigenvalue weighted by Gasteiger charge is 2.34. The summed E-state index contributed by atoms with van der Waals surface area (Å²) in [5.74, 6) is -4.82. The third-order valence-corrected chi connectivity index (χ3v) is 9.99. The molecule has 0 saturated carbocycles. The Morgan fingerprint density at radius 2 is 1.66 bits per heavy atom. The number of likely N-dealkylation sites (tertiary alicyclic amines) is 1. The lowest BCUT2D eigenvalue weighted by Gasteiger charge is -2.27. The van der Waals surface area contributed by atoms with Crippen molar-refractivity contribution in [2.24, 2.45) is 5.92 Å². The largest absolute Gasteiger partial charge is 0.480 e. The molecule has 4 rings (SSSR count). The number of fused-ring (bicyclic) bond motifs is 3. The minimum Gasteiger partial charge on any atom is -0.480 e. The van der Waals surface area contributed by atoms with E-state index in [-0.39, 0.29) is 36.8 Å². The van der Waals surface area contributed by atoms with Crippen molar-refractivity contribution in [2.45, 2.75) is 101 Å². The second-order valence-corrected chi connectivity index (χ2v) is 14.5. The molecule has 1 aromatic carbocycles. The number of aliphatic hydroxyl groups is 1. The van der Waals surface area contributed by atoms with E-state index in [9.17, 15) is 39.0 Å². The van der Waals surface area contributed by atoms with Gasteiger partial charge in [0.2, 0.25) is 29.5 Å². The first kappa shape index (κ1) is 38.6. The fourth-order valence-corrected chi connectivity index (χ4v) is 7.20. The summed E-state index contributed by atoms with van der Waals surface area (Å²) >= 11 is 1.11. The van der Waals surface area contributed by atoms with E-state index in [1.807, 2.05) is 38.1 Å². The number of H-pyrrole nitrogens is 1. The van der Waals surface area contributed by atoms with Crippen molar-refractivity contribution >= 4 is 58.2 Å². The molecule has 8 N–H and O–H groups in total. The number of carbonyl (C=O) groups excluding carboxylic acids is 5. The Balaban J connectivity index is 1.73. The summed E-state index contributed by atoms with van der Waals surface area (Å²) in [7, 11) is 0. The standard InChI is InChI=1S/C34H49N7O8S/c1-18(2)15-24-30(45)35-19(3)29(44)40-28(20(4)42)32(47)38-26(34(48)49)17-50-33-22(21-9-5-6-10-23(21)39-33)16-25(31(46)37-24)36-27(43)11-14-41-12-7-8-13-41/h5-6,9-10,18-20,24-26,28,39,42H,7-8,11-17H2,1-4H3,(H,35,45)(H,36,43)(H,37,46)(H,38,47)(H,40,44)(H,48,49)/t19-,20-,24+,25+,26+,28+/m1/s1. The van der Waals surface area contributed by atoms with Crippen LogP contribution in [0, 0.1) is 5.92 Å². The molecule has 15 nitrogen and oxygen atoms in total. The van der Waals surface area contributed by atoms with Crippen molar-refractivity contribution < 1.29 is 39.0 Å². The molecule has 0 bridgehead atoms. The summed E-state index contributed by atoms with van der Waals surface area (Å²) in [5.41, 5.74) is 1.36. The second-order valence-electron chi connectivity index (χ2n) is 13.5. The van der Waals surface area contributed by atoms with Gasteiger partial charge in [0, 0.05) is 36.0 Å². The topological polar surface area (TPSA) is 222 Å². The van der Waals surface area contributed by atoms with E-state index in [2.05, 4.69) is 36.5 Å². The second kappa shape index (κ2) is 17.7. The van der Waals surface area contributed by atoms with Gasteiger partial charge >= 0.3 is 5.97 Å². The van der Waals surface area contributed by atoms with E-state index in [4.69, 9.17) is 0 Å². The number of nitrogens with one attached hydrogen (secondary N) is 6. The summed E-state index contributed by atoms with van der Waals surface area (Å²) in [6, 6.07) is 1.02. The van der Waals surface area contributed by atoms with E-state index < -0.39 is 65.9 Å². The van der Waals surface area contributed by atoms with E-state index in [0.717, 1.165) is 43.1 Å². The van der Waals surface area contributed by atoms with Crippen LogP contribution >= 0.6 is 11.8 Å². The van der Waals surface area contributed by atoms with Gasteiger partial charge in [0.1, 0.15) is 30.2 Å².